The first-order valence-corrected chi connectivity index (χ1v) is 4.32. The second-order valence-electron chi connectivity index (χ2n) is 2.75. The molecule has 1 aromatic rings. The molecule has 0 radical (unpaired) electrons. The highest BCUT2D eigenvalue weighted by molar-refractivity contribution is 6.31. The van der Waals surface area contributed by atoms with Crippen molar-refractivity contribution in [1.29, 1.82) is 0 Å². The molecular weight excluding hydrogens is 188 g/mol. The zero-order valence-electron chi connectivity index (χ0n) is 7.58. The van der Waals surface area contributed by atoms with E-state index in [2.05, 4.69) is 0 Å². The molecule has 13 heavy (non-hydrogen) atoms. The van der Waals surface area contributed by atoms with Crippen molar-refractivity contribution in [2.75, 3.05) is 7.11 Å². The van der Waals surface area contributed by atoms with Crippen LogP contribution in [0.15, 0.2) is 24.3 Å². The molecule has 0 spiro atoms. The van der Waals surface area contributed by atoms with Crippen molar-refractivity contribution in [3.63, 3.8) is 0 Å². The topological polar surface area (TPSA) is 26.3 Å². The summed E-state index contributed by atoms with van der Waals surface area (Å²) in [5, 5.41) is 0.560. The highest BCUT2D eigenvalue weighted by Crippen LogP contribution is 2.25. The summed E-state index contributed by atoms with van der Waals surface area (Å²) in [5.41, 5.74) is 0.721. The van der Waals surface area contributed by atoms with Crippen LogP contribution in [0, 0.1) is 0 Å². The smallest absolute Gasteiger partial charge is 0.163 e. The second-order valence-corrected chi connectivity index (χ2v) is 3.16. The lowest BCUT2D eigenvalue weighted by molar-refractivity contribution is -0.126. The summed E-state index contributed by atoms with van der Waals surface area (Å²) in [6.45, 7) is 1.48. The van der Waals surface area contributed by atoms with Crippen LogP contribution >= 0.6 is 11.6 Å². The van der Waals surface area contributed by atoms with Gasteiger partial charge in [0.25, 0.3) is 0 Å². The fourth-order valence-corrected chi connectivity index (χ4v) is 1.43. The van der Waals surface area contributed by atoms with Gasteiger partial charge in [0, 0.05) is 17.7 Å². The molecule has 0 bridgehead atoms. The van der Waals surface area contributed by atoms with E-state index in [-0.39, 0.29) is 5.78 Å². The SMILES string of the molecule is COC(C(C)=O)c1ccccc1Cl. The maximum atomic E-state index is 11.1. The predicted molar refractivity (Wildman–Crippen MR) is 51.9 cm³/mol. The highest BCUT2D eigenvalue weighted by atomic mass is 35.5. The molecule has 0 fully saturated rings. The normalized spacial score (nSPS) is 12.5. The van der Waals surface area contributed by atoms with Crippen LogP contribution < -0.4 is 0 Å². The average molecular weight is 199 g/mol. The molecular formula is C10H11ClO2. The van der Waals surface area contributed by atoms with E-state index >= 15 is 0 Å². The van der Waals surface area contributed by atoms with Crippen molar-refractivity contribution in [2.45, 2.75) is 13.0 Å². The van der Waals surface area contributed by atoms with Crippen molar-refractivity contribution in [3.05, 3.63) is 34.9 Å². The van der Waals surface area contributed by atoms with Crippen molar-refractivity contribution in [3.8, 4) is 0 Å². The van der Waals surface area contributed by atoms with Crippen LogP contribution in [-0.4, -0.2) is 12.9 Å². The molecule has 0 saturated carbocycles. The number of hydrogen-bond acceptors (Lipinski definition) is 2. The third-order valence-corrected chi connectivity index (χ3v) is 2.14. The summed E-state index contributed by atoms with van der Waals surface area (Å²) < 4.78 is 5.04. The number of methoxy groups -OCH3 is 1. The summed E-state index contributed by atoms with van der Waals surface area (Å²) in [6, 6.07) is 7.18. The predicted octanol–water partition coefficient (Wildman–Crippen LogP) is 2.62. The molecule has 1 aromatic carbocycles. The minimum absolute atomic E-state index is 0.0457. The number of Topliss-reactive ketones (excluding diaryl/α,β-unsaturated/α-hetero) is 1. The Morgan fingerprint density at radius 3 is 2.54 bits per heavy atom. The Balaban J connectivity index is 3.04. The Morgan fingerprint density at radius 1 is 1.46 bits per heavy atom. The van der Waals surface area contributed by atoms with Gasteiger partial charge in [-0.05, 0) is 13.0 Å². The summed E-state index contributed by atoms with van der Waals surface area (Å²) in [4.78, 5) is 11.1. The molecule has 70 valence electrons. The number of hydrogen-bond donors (Lipinski definition) is 0. The van der Waals surface area contributed by atoms with E-state index in [9.17, 15) is 4.79 Å². The van der Waals surface area contributed by atoms with E-state index in [0.29, 0.717) is 5.02 Å². The van der Waals surface area contributed by atoms with Gasteiger partial charge in [0.15, 0.2) is 5.78 Å². The van der Waals surface area contributed by atoms with E-state index in [0.717, 1.165) is 5.56 Å². The molecule has 0 amide bonds. The van der Waals surface area contributed by atoms with Crippen LogP contribution in [0.25, 0.3) is 0 Å². The molecule has 0 aliphatic heterocycles. The van der Waals surface area contributed by atoms with Gasteiger partial charge in [0.2, 0.25) is 0 Å². The first-order chi connectivity index (χ1) is 6.16. The van der Waals surface area contributed by atoms with Crippen LogP contribution in [-0.2, 0) is 9.53 Å². The van der Waals surface area contributed by atoms with E-state index in [1.807, 2.05) is 12.1 Å². The Morgan fingerprint density at radius 2 is 2.08 bits per heavy atom. The zero-order valence-corrected chi connectivity index (χ0v) is 8.34. The minimum Gasteiger partial charge on any atom is -0.369 e. The fourth-order valence-electron chi connectivity index (χ4n) is 1.20. The van der Waals surface area contributed by atoms with Gasteiger partial charge >= 0.3 is 0 Å². The van der Waals surface area contributed by atoms with Gasteiger partial charge in [-0.2, -0.15) is 0 Å². The number of ketones is 1. The lowest BCUT2D eigenvalue weighted by Gasteiger charge is -2.13. The Labute approximate surface area is 82.5 Å². The maximum absolute atomic E-state index is 11.1. The molecule has 0 heterocycles. The number of benzene rings is 1. The summed E-state index contributed by atoms with van der Waals surface area (Å²) in [6.07, 6.45) is -0.548. The molecule has 3 heteroatoms. The van der Waals surface area contributed by atoms with Crippen LogP contribution in [0.2, 0.25) is 5.02 Å². The molecule has 0 N–H and O–H groups in total. The van der Waals surface area contributed by atoms with Crippen LogP contribution in [0.3, 0.4) is 0 Å². The standard InChI is InChI=1S/C10H11ClO2/c1-7(12)10(13-2)8-5-3-4-6-9(8)11/h3-6,10H,1-2H3. The summed E-state index contributed by atoms with van der Waals surface area (Å²) in [5.74, 6) is -0.0457. The van der Waals surface area contributed by atoms with Crippen LogP contribution in [0.5, 0.6) is 0 Å². The van der Waals surface area contributed by atoms with E-state index < -0.39 is 6.10 Å². The Hall–Kier alpha value is -0.860. The molecule has 0 aliphatic carbocycles. The lowest BCUT2D eigenvalue weighted by atomic mass is 10.1. The molecule has 2 nitrogen and oxygen atoms in total. The minimum atomic E-state index is -0.548. The molecule has 0 saturated heterocycles. The number of ether oxygens (including phenoxy) is 1. The van der Waals surface area contributed by atoms with Crippen molar-refractivity contribution >= 4 is 17.4 Å². The van der Waals surface area contributed by atoms with Gasteiger partial charge < -0.3 is 4.74 Å². The highest BCUT2D eigenvalue weighted by Gasteiger charge is 2.17. The maximum Gasteiger partial charge on any atom is 0.163 e. The van der Waals surface area contributed by atoms with Crippen LogP contribution in [0.4, 0.5) is 0 Å². The molecule has 0 aliphatic rings. The van der Waals surface area contributed by atoms with E-state index in [1.54, 1.807) is 12.1 Å². The van der Waals surface area contributed by atoms with Crippen molar-refractivity contribution in [2.24, 2.45) is 0 Å². The van der Waals surface area contributed by atoms with Gasteiger partial charge in [-0.1, -0.05) is 29.8 Å². The van der Waals surface area contributed by atoms with Gasteiger partial charge in [-0.15, -0.1) is 0 Å². The number of carbonyl (C=O) groups excluding carboxylic acids is 1. The largest absolute Gasteiger partial charge is 0.369 e. The number of rotatable bonds is 3. The van der Waals surface area contributed by atoms with Crippen molar-refractivity contribution in [1.82, 2.24) is 0 Å². The first kappa shape index (κ1) is 10.2. The average Bonchev–Trinajstić information content (AvgIpc) is 2.09. The molecule has 1 rings (SSSR count). The van der Waals surface area contributed by atoms with E-state index in [1.165, 1.54) is 14.0 Å². The van der Waals surface area contributed by atoms with Gasteiger partial charge in [0.05, 0.1) is 0 Å². The quantitative estimate of drug-likeness (QED) is 0.747. The van der Waals surface area contributed by atoms with Gasteiger partial charge in [-0.3, -0.25) is 4.79 Å². The van der Waals surface area contributed by atoms with Gasteiger partial charge in [-0.25, -0.2) is 0 Å². The number of carbonyl (C=O) groups is 1. The third-order valence-electron chi connectivity index (χ3n) is 1.79. The Bertz CT molecular complexity index is 310. The summed E-state index contributed by atoms with van der Waals surface area (Å²) >= 11 is 5.91. The van der Waals surface area contributed by atoms with E-state index in [4.69, 9.17) is 16.3 Å². The van der Waals surface area contributed by atoms with Crippen LogP contribution in [0.1, 0.15) is 18.6 Å². The molecule has 1 unspecified atom stereocenters. The lowest BCUT2D eigenvalue weighted by Crippen LogP contribution is -2.11. The first-order valence-electron chi connectivity index (χ1n) is 3.94. The van der Waals surface area contributed by atoms with Crippen molar-refractivity contribution < 1.29 is 9.53 Å². The molecule has 0 aromatic heterocycles. The fraction of sp³-hybridized carbons (Fsp3) is 0.300. The molecule has 1 atom stereocenters. The summed E-state index contributed by atoms with van der Waals surface area (Å²) in [7, 11) is 1.50. The van der Waals surface area contributed by atoms with Gasteiger partial charge in [0.1, 0.15) is 6.10 Å². The second kappa shape index (κ2) is 4.40. The third kappa shape index (κ3) is 2.29. The zero-order chi connectivity index (χ0) is 9.84. The Kier molecular flexibility index (Phi) is 3.46. The number of halogens is 1. The monoisotopic (exact) mass is 198 g/mol.